The molecular formula is C29H38ClN5O3. The van der Waals surface area contributed by atoms with Gasteiger partial charge in [-0.3, -0.25) is 14.4 Å². The molecule has 204 valence electrons. The van der Waals surface area contributed by atoms with Gasteiger partial charge in [0, 0.05) is 13.6 Å². The molecule has 1 unspecified atom stereocenters. The lowest BCUT2D eigenvalue weighted by Crippen LogP contribution is -2.61. The third kappa shape index (κ3) is 6.49. The molecule has 8 nitrogen and oxygen atoms in total. The predicted molar refractivity (Wildman–Crippen MR) is 151 cm³/mol. The van der Waals surface area contributed by atoms with Crippen molar-refractivity contribution in [3.8, 4) is 0 Å². The molecule has 1 saturated heterocycles. The average molecular weight is 540 g/mol. The first-order valence-electron chi connectivity index (χ1n) is 12.9. The highest BCUT2D eigenvalue weighted by Gasteiger charge is 2.54. The standard InChI is InChI=1S/C29H37N5O3.ClH/c1-28(2,30)26(36)32-22(16-10-15-20-11-6-4-7-12-20)25(35)23-18-29(17-21-13-8-5-9-14-21)24(19-31-23)33-34(3)27(29)37;/h4-9,11-14,22-23,31H,10,15-19,30H2,1-3H3,(H,32,36);1H/t22-,23?,29-;/m1./s1. The highest BCUT2D eigenvalue weighted by molar-refractivity contribution is 6.14. The van der Waals surface area contributed by atoms with Crippen LogP contribution < -0.4 is 16.4 Å². The van der Waals surface area contributed by atoms with E-state index >= 15 is 0 Å². The third-order valence-electron chi connectivity index (χ3n) is 7.32. The largest absolute Gasteiger partial charge is 0.345 e. The number of halogens is 1. The Kier molecular flexibility index (Phi) is 9.46. The van der Waals surface area contributed by atoms with E-state index in [0.29, 0.717) is 25.8 Å². The molecule has 0 aromatic heterocycles. The maximum atomic E-state index is 13.9. The summed E-state index contributed by atoms with van der Waals surface area (Å²) in [5, 5.41) is 12.1. The van der Waals surface area contributed by atoms with Gasteiger partial charge in [-0.05, 0) is 57.1 Å². The zero-order valence-corrected chi connectivity index (χ0v) is 23.1. The highest BCUT2D eigenvalue weighted by atomic mass is 35.5. The Bertz CT molecular complexity index is 1170. The van der Waals surface area contributed by atoms with Crippen molar-refractivity contribution in [3.05, 3.63) is 71.8 Å². The summed E-state index contributed by atoms with van der Waals surface area (Å²) in [5.74, 6) is -0.600. The highest BCUT2D eigenvalue weighted by Crippen LogP contribution is 2.39. The van der Waals surface area contributed by atoms with Crippen LogP contribution in [0.4, 0.5) is 0 Å². The Hall–Kier alpha value is -3.07. The summed E-state index contributed by atoms with van der Waals surface area (Å²) in [5.41, 5.74) is 6.98. The molecule has 4 rings (SSSR count). The van der Waals surface area contributed by atoms with Crippen molar-refractivity contribution in [2.45, 2.75) is 63.6 Å². The molecule has 4 N–H and O–H groups in total. The van der Waals surface area contributed by atoms with Crippen molar-refractivity contribution in [1.82, 2.24) is 15.6 Å². The van der Waals surface area contributed by atoms with Crippen LogP contribution in [0.2, 0.25) is 0 Å². The molecule has 1 fully saturated rings. The van der Waals surface area contributed by atoms with E-state index in [2.05, 4.69) is 27.9 Å². The second-order valence-electron chi connectivity index (χ2n) is 10.8. The van der Waals surface area contributed by atoms with Crippen LogP contribution in [0.15, 0.2) is 65.8 Å². The minimum atomic E-state index is -1.11. The molecule has 0 radical (unpaired) electrons. The topological polar surface area (TPSA) is 117 Å². The van der Waals surface area contributed by atoms with E-state index in [4.69, 9.17) is 5.73 Å². The van der Waals surface area contributed by atoms with Gasteiger partial charge in [0.2, 0.25) is 5.91 Å². The third-order valence-corrected chi connectivity index (χ3v) is 7.32. The Morgan fingerprint density at radius 3 is 2.34 bits per heavy atom. The number of carbonyl (C=O) groups is 3. The van der Waals surface area contributed by atoms with Crippen molar-refractivity contribution in [3.63, 3.8) is 0 Å². The maximum Gasteiger partial charge on any atom is 0.254 e. The normalized spacial score (nSPS) is 21.7. The predicted octanol–water partition coefficient (Wildman–Crippen LogP) is 2.64. The molecule has 2 aromatic rings. The van der Waals surface area contributed by atoms with Crippen molar-refractivity contribution in [1.29, 1.82) is 0 Å². The zero-order chi connectivity index (χ0) is 26.6. The second-order valence-corrected chi connectivity index (χ2v) is 10.8. The van der Waals surface area contributed by atoms with Crippen LogP contribution in [0.3, 0.4) is 0 Å². The number of hydrogen-bond acceptors (Lipinski definition) is 6. The molecule has 2 aromatic carbocycles. The number of nitrogens with one attached hydrogen (secondary N) is 2. The van der Waals surface area contributed by atoms with Gasteiger partial charge >= 0.3 is 0 Å². The SMILES string of the molecule is CN1N=C2CNC(C(=O)[C@@H](CCCc3ccccc3)NC(=O)C(C)(C)N)C[C@@]2(Cc2ccccc2)C1=O.Cl. The number of nitrogens with zero attached hydrogens (tertiary/aromatic N) is 2. The van der Waals surface area contributed by atoms with Crippen LogP contribution in [-0.4, -0.2) is 59.5 Å². The van der Waals surface area contributed by atoms with Gasteiger partial charge in [0.25, 0.3) is 5.91 Å². The van der Waals surface area contributed by atoms with E-state index in [-0.39, 0.29) is 30.0 Å². The van der Waals surface area contributed by atoms with E-state index in [0.717, 1.165) is 24.1 Å². The lowest BCUT2D eigenvalue weighted by molar-refractivity contribution is -0.137. The quantitative estimate of drug-likeness (QED) is 0.429. The summed E-state index contributed by atoms with van der Waals surface area (Å²) in [6, 6.07) is 18.6. The molecule has 0 saturated carbocycles. The van der Waals surface area contributed by atoms with Crippen molar-refractivity contribution >= 4 is 35.7 Å². The number of Topliss-reactive ketones (excluding diaryl/α,β-unsaturated/α-hetero) is 1. The minimum Gasteiger partial charge on any atom is -0.345 e. The van der Waals surface area contributed by atoms with Crippen molar-refractivity contribution in [2.75, 3.05) is 13.6 Å². The summed E-state index contributed by atoms with van der Waals surface area (Å²) < 4.78 is 0. The number of hydrogen-bond donors (Lipinski definition) is 3. The molecule has 0 spiro atoms. The van der Waals surface area contributed by atoms with Crippen LogP contribution in [0.5, 0.6) is 0 Å². The molecule has 9 heteroatoms. The van der Waals surface area contributed by atoms with Gasteiger partial charge in [0.1, 0.15) is 0 Å². The first-order chi connectivity index (χ1) is 17.6. The van der Waals surface area contributed by atoms with Gasteiger partial charge in [0.05, 0.1) is 28.7 Å². The Morgan fingerprint density at radius 1 is 1.13 bits per heavy atom. The van der Waals surface area contributed by atoms with Gasteiger partial charge in [-0.25, -0.2) is 5.01 Å². The Morgan fingerprint density at radius 2 is 1.74 bits per heavy atom. The summed E-state index contributed by atoms with van der Waals surface area (Å²) in [4.78, 5) is 40.1. The van der Waals surface area contributed by atoms with E-state index in [1.54, 1.807) is 20.9 Å². The van der Waals surface area contributed by atoms with Crippen LogP contribution in [0, 0.1) is 5.41 Å². The average Bonchev–Trinajstić information content (AvgIpc) is 3.12. The fourth-order valence-corrected chi connectivity index (χ4v) is 5.23. The number of piperidine rings is 1. The number of aryl methyl sites for hydroxylation is 1. The van der Waals surface area contributed by atoms with Gasteiger partial charge in [0.15, 0.2) is 5.78 Å². The Balaban J connectivity index is 0.00000400. The van der Waals surface area contributed by atoms with Crippen molar-refractivity contribution in [2.24, 2.45) is 16.3 Å². The van der Waals surface area contributed by atoms with Crippen LogP contribution in [-0.2, 0) is 27.2 Å². The summed E-state index contributed by atoms with van der Waals surface area (Å²) in [7, 11) is 1.66. The number of nitrogens with two attached hydrogens (primary N) is 1. The molecule has 0 aliphatic carbocycles. The van der Waals surface area contributed by atoms with Gasteiger partial charge in [-0.1, -0.05) is 60.7 Å². The summed E-state index contributed by atoms with van der Waals surface area (Å²) in [6.07, 6.45) is 2.76. The van der Waals surface area contributed by atoms with E-state index in [1.165, 1.54) is 10.6 Å². The first-order valence-corrected chi connectivity index (χ1v) is 12.9. The number of carbonyl (C=O) groups excluding carboxylic acids is 3. The maximum absolute atomic E-state index is 13.9. The molecule has 38 heavy (non-hydrogen) atoms. The molecule has 2 heterocycles. The number of benzene rings is 2. The molecule has 0 bridgehead atoms. The molecular weight excluding hydrogens is 502 g/mol. The lowest BCUT2D eigenvalue weighted by Gasteiger charge is -2.38. The lowest BCUT2D eigenvalue weighted by atomic mass is 9.69. The van der Waals surface area contributed by atoms with Gasteiger partial charge in [-0.2, -0.15) is 5.10 Å². The number of fused-ring (bicyclic) bond motifs is 1. The van der Waals surface area contributed by atoms with E-state index in [1.807, 2.05) is 48.5 Å². The van der Waals surface area contributed by atoms with E-state index in [9.17, 15) is 14.4 Å². The molecule has 3 atom stereocenters. The second kappa shape index (κ2) is 12.2. The fraction of sp³-hybridized carbons (Fsp3) is 0.448. The summed E-state index contributed by atoms with van der Waals surface area (Å²) >= 11 is 0. The molecule has 2 aliphatic heterocycles. The van der Waals surface area contributed by atoms with Crippen LogP contribution >= 0.6 is 12.4 Å². The smallest absolute Gasteiger partial charge is 0.254 e. The Labute approximate surface area is 230 Å². The first kappa shape index (κ1) is 29.5. The van der Waals surface area contributed by atoms with Crippen molar-refractivity contribution < 1.29 is 14.4 Å². The number of amides is 2. The van der Waals surface area contributed by atoms with E-state index < -0.39 is 23.0 Å². The van der Waals surface area contributed by atoms with Gasteiger partial charge < -0.3 is 16.4 Å². The minimum absolute atomic E-state index is 0. The molecule has 2 aliphatic rings. The number of hydrazone groups is 1. The van der Waals surface area contributed by atoms with Crippen LogP contribution in [0.25, 0.3) is 0 Å². The summed E-state index contributed by atoms with van der Waals surface area (Å²) in [6.45, 7) is 3.58. The van der Waals surface area contributed by atoms with Crippen LogP contribution in [0.1, 0.15) is 44.2 Å². The number of rotatable bonds is 10. The van der Waals surface area contributed by atoms with Gasteiger partial charge in [-0.15, -0.1) is 12.4 Å². The fourth-order valence-electron chi connectivity index (χ4n) is 5.23. The zero-order valence-electron chi connectivity index (χ0n) is 22.3. The monoisotopic (exact) mass is 539 g/mol. The molecule has 2 amide bonds. The number of ketones is 1.